The quantitative estimate of drug-likeness (QED) is 0.740. The van der Waals surface area contributed by atoms with E-state index < -0.39 is 10.0 Å². The fourth-order valence-electron chi connectivity index (χ4n) is 3.28. The van der Waals surface area contributed by atoms with Crippen LogP contribution < -0.4 is 5.32 Å². The average Bonchev–Trinajstić information content (AvgIpc) is 2.63. The molecule has 0 radical (unpaired) electrons. The molecule has 1 saturated heterocycles. The van der Waals surface area contributed by atoms with E-state index in [9.17, 15) is 13.2 Å². The van der Waals surface area contributed by atoms with Gasteiger partial charge in [0, 0.05) is 43.8 Å². The van der Waals surface area contributed by atoms with Crippen molar-refractivity contribution in [2.45, 2.75) is 57.5 Å². The van der Waals surface area contributed by atoms with E-state index >= 15 is 0 Å². The highest BCUT2D eigenvalue weighted by molar-refractivity contribution is 7.89. The van der Waals surface area contributed by atoms with Gasteiger partial charge in [0.15, 0.2) is 0 Å². The van der Waals surface area contributed by atoms with Gasteiger partial charge in [-0.25, -0.2) is 8.42 Å². The summed E-state index contributed by atoms with van der Waals surface area (Å²) in [6, 6.07) is 6.71. The molecular formula is C19H32ClN3O3S. The molecule has 8 heteroatoms. The maximum atomic E-state index is 12.8. The number of carbonyl (C=O) groups is 1. The van der Waals surface area contributed by atoms with Gasteiger partial charge < -0.3 is 10.2 Å². The van der Waals surface area contributed by atoms with Crippen LogP contribution >= 0.6 is 12.4 Å². The Hall–Kier alpha value is -1.15. The first-order chi connectivity index (χ1) is 12.3. The number of nitrogens with one attached hydrogen (secondary N) is 1. The summed E-state index contributed by atoms with van der Waals surface area (Å²) in [4.78, 5) is 14.9. The molecule has 2 atom stereocenters. The second-order valence-corrected chi connectivity index (χ2v) is 8.85. The summed E-state index contributed by atoms with van der Waals surface area (Å²) in [6.07, 6.45) is 1.55. The van der Waals surface area contributed by atoms with Gasteiger partial charge in [0.05, 0.1) is 4.90 Å². The van der Waals surface area contributed by atoms with Crippen molar-refractivity contribution in [3.8, 4) is 0 Å². The predicted molar refractivity (Wildman–Crippen MR) is 111 cm³/mol. The van der Waals surface area contributed by atoms with Gasteiger partial charge in [0.25, 0.3) is 5.91 Å². The van der Waals surface area contributed by atoms with Crippen LogP contribution in [0.1, 0.15) is 50.9 Å². The van der Waals surface area contributed by atoms with Gasteiger partial charge in [-0.05, 0) is 51.0 Å². The first-order valence-corrected chi connectivity index (χ1v) is 10.9. The first kappa shape index (κ1) is 23.9. The summed E-state index contributed by atoms with van der Waals surface area (Å²) in [5.41, 5.74) is 0.530. The number of rotatable bonds is 7. The molecule has 6 nitrogen and oxygen atoms in total. The van der Waals surface area contributed by atoms with E-state index in [1.54, 1.807) is 24.3 Å². The molecule has 2 rings (SSSR count). The number of piperazine rings is 1. The Morgan fingerprint density at radius 1 is 1.15 bits per heavy atom. The maximum absolute atomic E-state index is 12.8. The monoisotopic (exact) mass is 417 g/mol. The zero-order valence-corrected chi connectivity index (χ0v) is 18.3. The molecule has 1 fully saturated rings. The normalized spacial score (nSPS) is 20.4. The van der Waals surface area contributed by atoms with Crippen LogP contribution in [0, 0.1) is 0 Å². The highest BCUT2D eigenvalue weighted by Gasteiger charge is 2.29. The molecule has 1 aliphatic heterocycles. The van der Waals surface area contributed by atoms with Crippen molar-refractivity contribution in [2.24, 2.45) is 0 Å². The number of nitrogens with zero attached hydrogens (tertiary/aromatic N) is 2. The number of carbonyl (C=O) groups excluding carboxylic acids is 1. The molecule has 27 heavy (non-hydrogen) atoms. The smallest absolute Gasteiger partial charge is 0.254 e. The van der Waals surface area contributed by atoms with Gasteiger partial charge in [-0.2, -0.15) is 4.31 Å². The summed E-state index contributed by atoms with van der Waals surface area (Å²) in [5, 5.41) is 3.35. The van der Waals surface area contributed by atoms with E-state index in [-0.39, 0.29) is 35.3 Å². The Balaban J connectivity index is 0.00000364. The standard InChI is InChI=1S/C19H31N3O3S.ClH/c1-5-12-21(13-6-2)26(24,25)18-9-7-17(8-10-18)19(23)22-14-11-20-15(3)16(22)4;/h7-10,15-16,20H,5-6,11-14H2,1-4H3;1H. The summed E-state index contributed by atoms with van der Waals surface area (Å²) >= 11 is 0. The highest BCUT2D eigenvalue weighted by atomic mass is 35.5. The Morgan fingerprint density at radius 3 is 2.22 bits per heavy atom. The largest absolute Gasteiger partial charge is 0.333 e. The minimum absolute atomic E-state index is 0. The molecule has 1 aromatic rings. The summed E-state index contributed by atoms with van der Waals surface area (Å²) in [7, 11) is -3.51. The Bertz CT molecular complexity index is 703. The molecule has 1 heterocycles. The van der Waals surface area contributed by atoms with Crippen LogP contribution in [0.25, 0.3) is 0 Å². The van der Waals surface area contributed by atoms with Crippen molar-refractivity contribution >= 4 is 28.3 Å². The number of halogens is 1. The molecule has 0 aromatic heterocycles. The minimum Gasteiger partial charge on any atom is -0.333 e. The van der Waals surface area contributed by atoms with E-state index in [1.807, 2.05) is 25.7 Å². The molecule has 0 bridgehead atoms. The topological polar surface area (TPSA) is 69.7 Å². The summed E-state index contributed by atoms with van der Waals surface area (Å²) in [6.45, 7) is 10.5. The van der Waals surface area contributed by atoms with Crippen LogP contribution in [0.15, 0.2) is 29.2 Å². The minimum atomic E-state index is -3.51. The number of hydrogen-bond donors (Lipinski definition) is 1. The predicted octanol–water partition coefficient (Wildman–Crippen LogP) is 2.74. The van der Waals surface area contributed by atoms with Crippen molar-refractivity contribution in [3.63, 3.8) is 0 Å². The molecule has 0 saturated carbocycles. The fourth-order valence-corrected chi connectivity index (χ4v) is 4.90. The van der Waals surface area contributed by atoms with Gasteiger partial charge >= 0.3 is 0 Å². The Morgan fingerprint density at radius 2 is 1.70 bits per heavy atom. The van der Waals surface area contributed by atoms with Gasteiger partial charge in [-0.1, -0.05) is 13.8 Å². The van der Waals surface area contributed by atoms with Gasteiger partial charge in [-0.15, -0.1) is 12.4 Å². The first-order valence-electron chi connectivity index (χ1n) is 9.47. The lowest BCUT2D eigenvalue weighted by atomic mass is 10.1. The van der Waals surface area contributed by atoms with Crippen molar-refractivity contribution in [2.75, 3.05) is 26.2 Å². The molecule has 154 valence electrons. The number of amides is 1. The fraction of sp³-hybridized carbons (Fsp3) is 0.632. The third-order valence-electron chi connectivity index (χ3n) is 4.98. The maximum Gasteiger partial charge on any atom is 0.254 e. The second-order valence-electron chi connectivity index (χ2n) is 6.91. The van der Waals surface area contributed by atoms with Crippen LogP contribution in [0.3, 0.4) is 0 Å². The third-order valence-corrected chi connectivity index (χ3v) is 6.89. The number of hydrogen-bond acceptors (Lipinski definition) is 4. The molecule has 1 aliphatic rings. The van der Waals surface area contributed by atoms with Crippen LogP contribution in [0.4, 0.5) is 0 Å². The summed E-state index contributed by atoms with van der Waals surface area (Å²) in [5.74, 6) is -0.0474. The van der Waals surface area contributed by atoms with Crippen molar-refractivity contribution in [3.05, 3.63) is 29.8 Å². The zero-order chi connectivity index (χ0) is 19.3. The van der Waals surface area contributed by atoms with E-state index in [0.717, 1.165) is 19.4 Å². The lowest BCUT2D eigenvalue weighted by Gasteiger charge is -2.38. The second kappa shape index (κ2) is 10.4. The molecular weight excluding hydrogens is 386 g/mol. The van der Waals surface area contributed by atoms with Gasteiger partial charge in [0.2, 0.25) is 10.0 Å². The number of benzene rings is 1. The van der Waals surface area contributed by atoms with Crippen LogP contribution in [-0.2, 0) is 10.0 Å². The molecule has 0 spiro atoms. The van der Waals surface area contributed by atoms with E-state index in [1.165, 1.54) is 4.31 Å². The lowest BCUT2D eigenvalue weighted by molar-refractivity contribution is 0.0603. The summed E-state index contributed by atoms with van der Waals surface area (Å²) < 4.78 is 27.1. The zero-order valence-electron chi connectivity index (χ0n) is 16.6. The average molecular weight is 418 g/mol. The van der Waals surface area contributed by atoms with Crippen molar-refractivity contribution in [1.82, 2.24) is 14.5 Å². The van der Waals surface area contributed by atoms with Crippen LogP contribution in [-0.4, -0.2) is 61.8 Å². The van der Waals surface area contributed by atoms with E-state index in [2.05, 4.69) is 12.2 Å². The third kappa shape index (κ3) is 5.44. The van der Waals surface area contributed by atoms with Crippen molar-refractivity contribution < 1.29 is 13.2 Å². The molecule has 2 unspecified atom stereocenters. The highest BCUT2D eigenvalue weighted by Crippen LogP contribution is 2.19. The molecule has 1 aromatic carbocycles. The van der Waals surface area contributed by atoms with Gasteiger partial charge in [0.1, 0.15) is 0 Å². The van der Waals surface area contributed by atoms with E-state index in [4.69, 9.17) is 0 Å². The Labute approximate surface area is 169 Å². The number of sulfonamides is 1. The van der Waals surface area contributed by atoms with Crippen LogP contribution in [0.2, 0.25) is 0 Å². The van der Waals surface area contributed by atoms with Gasteiger partial charge in [-0.3, -0.25) is 4.79 Å². The molecule has 0 aliphatic carbocycles. The lowest BCUT2D eigenvalue weighted by Crippen LogP contribution is -2.57. The molecule has 1 amide bonds. The SMILES string of the molecule is CCCN(CCC)S(=O)(=O)c1ccc(C(=O)N2CCNC(C)C2C)cc1.Cl. The molecule has 1 N–H and O–H groups in total. The van der Waals surface area contributed by atoms with Crippen LogP contribution in [0.5, 0.6) is 0 Å². The van der Waals surface area contributed by atoms with Crippen molar-refractivity contribution in [1.29, 1.82) is 0 Å². The van der Waals surface area contributed by atoms with E-state index in [0.29, 0.717) is 25.2 Å². The Kier molecular flexibility index (Phi) is 9.21.